The van der Waals surface area contributed by atoms with Crippen molar-refractivity contribution in [3.8, 4) is 40.2 Å². The number of nitrogens with one attached hydrogen (secondary N) is 1. The topological polar surface area (TPSA) is 140 Å². The van der Waals surface area contributed by atoms with Gasteiger partial charge in [0.25, 0.3) is 11.5 Å². The number of sulfone groups is 1. The van der Waals surface area contributed by atoms with Gasteiger partial charge in [0.15, 0.2) is 5.82 Å². The van der Waals surface area contributed by atoms with E-state index in [1.807, 2.05) is 0 Å². The van der Waals surface area contributed by atoms with E-state index < -0.39 is 50.8 Å². The molecule has 0 bridgehead atoms. The summed E-state index contributed by atoms with van der Waals surface area (Å²) < 4.78 is 102. The zero-order valence-corrected chi connectivity index (χ0v) is 26.7. The Morgan fingerprint density at radius 2 is 1.58 bits per heavy atom. The van der Waals surface area contributed by atoms with E-state index in [1.54, 1.807) is 0 Å². The lowest BCUT2D eigenvalue weighted by atomic mass is 10.0. The van der Waals surface area contributed by atoms with Crippen LogP contribution in [0.25, 0.3) is 17.1 Å². The fourth-order valence-electron chi connectivity index (χ4n) is 5.21. The largest absolute Gasteiger partial charge is 0.497 e. The highest BCUT2D eigenvalue weighted by atomic mass is 32.2. The van der Waals surface area contributed by atoms with Crippen molar-refractivity contribution < 1.29 is 49.7 Å². The van der Waals surface area contributed by atoms with Gasteiger partial charge in [0.05, 0.1) is 37.9 Å². The van der Waals surface area contributed by atoms with Crippen LogP contribution in [0, 0.1) is 17.6 Å². The molecule has 0 radical (unpaired) electrons. The summed E-state index contributed by atoms with van der Waals surface area (Å²) in [6.07, 6.45) is 0.813. The lowest BCUT2D eigenvalue weighted by Gasteiger charge is -2.22. The Morgan fingerprint density at radius 3 is 2.17 bits per heavy atom. The monoisotopic (exact) mass is 694 g/mol. The third-order valence-corrected chi connectivity index (χ3v) is 9.41. The van der Waals surface area contributed by atoms with Crippen LogP contribution >= 0.6 is 0 Å². The number of benzene rings is 2. The number of alkyl halides is 2. The molecular formula is C31H30F4N4O8S. The van der Waals surface area contributed by atoms with Crippen molar-refractivity contribution in [3.63, 3.8) is 0 Å². The van der Waals surface area contributed by atoms with Crippen molar-refractivity contribution >= 4 is 21.4 Å². The summed E-state index contributed by atoms with van der Waals surface area (Å²) >= 11 is 0. The molecule has 256 valence electrons. The second-order valence-corrected chi connectivity index (χ2v) is 13.1. The first-order valence-corrected chi connectivity index (χ1v) is 16.2. The zero-order valence-electron chi connectivity index (χ0n) is 25.8. The summed E-state index contributed by atoms with van der Waals surface area (Å²) in [5.74, 6) is -3.34. The maximum Gasteiger partial charge on any atom is 0.387 e. The molecule has 2 aromatic carbocycles. The Kier molecular flexibility index (Phi) is 9.98. The minimum atomic E-state index is -3.09. The predicted octanol–water partition coefficient (Wildman–Crippen LogP) is 4.59. The maximum absolute atomic E-state index is 15.5. The Balaban J connectivity index is 1.58. The number of pyridine rings is 1. The van der Waals surface area contributed by atoms with Crippen LogP contribution in [-0.4, -0.2) is 67.6 Å². The second-order valence-electron chi connectivity index (χ2n) is 10.8. The van der Waals surface area contributed by atoms with Gasteiger partial charge in [-0.05, 0) is 43.0 Å². The first-order chi connectivity index (χ1) is 22.8. The number of nitrogens with zero attached hydrogens (tertiary/aromatic N) is 3. The molecule has 4 aromatic rings. The molecule has 0 aliphatic carbocycles. The average molecular weight is 695 g/mol. The molecule has 0 saturated carbocycles. The highest BCUT2D eigenvalue weighted by Crippen LogP contribution is 2.35. The smallest absolute Gasteiger partial charge is 0.387 e. The van der Waals surface area contributed by atoms with E-state index in [2.05, 4.69) is 15.0 Å². The molecule has 1 N–H and O–H groups in total. The number of anilines is 1. The Hall–Kier alpha value is -5.06. The highest BCUT2D eigenvalue weighted by molar-refractivity contribution is 7.91. The number of rotatable bonds is 11. The van der Waals surface area contributed by atoms with Crippen LogP contribution in [0.2, 0.25) is 0 Å². The van der Waals surface area contributed by atoms with E-state index in [4.69, 9.17) is 14.2 Å². The first kappa shape index (κ1) is 34.3. The molecule has 0 spiro atoms. The average Bonchev–Trinajstić information content (AvgIpc) is 3.28. The molecule has 0 atom stereocenters. The van der Waals surface area contributed by atoms with Crippen LogP contribution in [-0.2, 0) is 16.9 Å². The van der Waals surface area contributed by atoms with Crippen LogP contribution in [0.3, 0.4) is 0 Å². The van der Waals surface area contributed by atoms with Gasteiger partial charge in [-0.3, -0.25) is 14.3 Å². The molecule has 5 rings (SSSR count). The summed E-state index contributed by atoms with van der Waals surface area (Å²) in [6.45, 7) is -2.96. The van der Waals surface area contributed by atoms with E-state index in [9.17, 15) is 26.8 Å². The third kappa shape index (κ3) is 7.40. The summed E-state index contributed by atoms with van der Waals surface area (Å²) in [7, 11) is 0.808. The Morgan fingerprint density at radius 1 is 0.979 bits per heavy atom. The van der Waals surface area contributed by atoms with Crippen LogP contribution in [0.4, 0.5) is 23.2 Å². The van der Waals surface area contributed by atoms with E-state index in [1.165, 1.54) is 33.4 Å². The zero-order chi connectivity index (χ0) is 34.7. The van der Waals surface area contributed by atoms with Crippen molar-refractivity contribution in [2.75, 3.05) is 37.6 Å². The van der Waals surface area contributed by atoms with Gasteiger partial charge in [-0.1, -0.05) is 0 Å². The molecule has 48 heavy (non-hydrogen) atoms. The lowest BCUT2D eigenvalue weighted by Crippen LogP contribution is -2.27. The predicted molar refractivity (Wildman–Crippen MR) is 165 cm³/mol. The molecule has 0 unspecified atom stereocenters. The second kappa shape index (κ2) is 14.0. The van der Waals surface area contributed by atoms with Crippen molar-refractivity contribution in [3.05, 3.63) is 76.1 Å². The quantitative estimate of drug-likeness (QED) is 0.223. The molecule has 17 heteroatoms. The van der Waals surface area contributed by atoms with E-state index in [0.717, 1.165) is 45.8 Å². The molecule has 3 heterocycles. The fraction of sp³-hybridized carbons (Fsp3) is 0.323. The van der Waals surface area contributed by atoms with E-state index in [-0.39, 0.29) is 64.2 Å². The third-order valence-electron chi connectivity index (χ3n) is 7.69. The number of ether oxygens (including phenoxy) is 4. The molecule has 1 fully saturated rings. The van der Waals surface area contributed by atoms with Crippen molar-refractivity contribution in [1.29, 1.82) is 0 Å². The highest BCUT2D eigenvalue weighted by Gasteiger charge is 2.29. The van der Waals surface area contributed by atoms with Gasteiger partial charge < -0.3 is 24.3 Å². The van der Waals surface area contributed by atoms with Crippen molar-refractivity contribution in [2.45, 2.75) is 19.5 Å². The van der Waals surface area contributed by atoms with E-state index in [0.29, 0.717) is 12.8 Å². The standard InChI is InChI=1S/C31H30F4N4O8S/c1-38-28(26-22(32)12-20(44-2)13-23(26)33)27(37-29(40)18-4-6-19(7-5-18)47-31(34)35)30(41)39(38)24-14-21(45-3)15-25(36-24)46-16-17-8-10-48(42,43)11-9-17/h4-7,12-15,17,31H,8-11,16H2,1-3H3,(H,37,40). The number of methoxy groups -OCH3 is 2. The first-order valence-electron chi connectivity index (χ1n) is 14.4. The van der Waals surface area contributed by atoms with Crippen molar-refractivity contribution in [2.24, 2.45) is 13.0 Å². The fourth-order valence-corrected chi connectivity index (χ4v) is 6.80. The van der Waals surface area contributed by atoms with Crippen LogP contribution < -0.4 is 29.8 Å². The molecular weight excluding hydrogens is 664 g/mol. The Labute approximate surface area is 271 Å². The minimum absolute atomic E-state index is 0.0194. The summed E-state index contributed by atoms with van der Waals surface area (Å²) in [5.41, 5.74) is -2.61. The summed E-state index contributed by atoms with van der Waals surface area (Å²) in [6, 6.07) is 9.17. The maximum atomic E-state index is 15.5. The van der Waals surface area contributed by atoms with Gasteiger partial charge in [-0.25, -0.2) is 17.2 Å². The van der Waals surface area contributed by atoms with Gasteiger partial charge in [-0.15, -0.1) is 0 Å². The Bertz CT molecular complexity index is 1960. The summed E-state index contributed by atoms with van der Waals surface area (Å²) in [5, 5.41) is 2.40. The normalized spacial score (nSPS) is 14.5. The van der Waals surface area contributed by atoms with Gasteiger partial charge in [-0.2, -0.15) is 18.4 Å². The SMILES string of the molecule is COc1cc(OCC2CCS(=O)(=O)CC2)nc(-n2c(=O)c(NC(=O)c3ccc(OC(F)F)cc3)c(-c3c(F)cc(OC)cc3F)n2C)c1. The molecule has 2 aromatic heterocycles. The molecule has 1 aliphatic heterocycles. The summed E-state index contributed by atoms with van der Waals surface area (Å²) in [4.78, 5) is 31.7. The van der Waals surface area contributed by atoms with Gasteiger partial charge >= 0.3 is 6.61 Å². The number of aromatic nitrogens is 3. The molecule has 1 saturated heterocycles. The number of hydrogen-bond acceptors (Lipinski definition) is 9. The van der Waals surface area contributed by atoms with Gasteiger partial charge in [0, 0.05) is 36.9 Å². The van der Waals surface area contributed by atoms with Crippen LogP contribution in [0.5, 0.6) is 23.1 Å². The molecule has 1 aliphatic rings. The molecule has 12 nitrogen and oxygen atoms in total. The van der Waals surface area contributed by atoms with Crippen LogP contribution in [0.1, 0.15) is 23.2 Å². The number of hydrogen-bond donors (Lipinski definition) is 1. The van der Waals surface area contributed by atoms with Gasteiger partial charge in [0.1, 0.15) is 50.1 Å². The number of carbonyl (C=O) groups is 1. The van der Waals surface area contributed by atoms with Crippen molar-refractivity contribution in [1.82, 2.24) is 14.3 Å². The minimum Gasteiger partial charge on any atom is -0.497 e. The number of amides is 1. The lowest BCUT2D eigenvalue weighted by molar-refractivity contribution is -0.0498. The number of carbonyl (C=O) groups excluding carboxylic acids is 1. The molecule has 1 amide bonds. The van der Waals surface area contributed by atoms with E-state index >= 15 is 8.78 Å². The number of halogens is 4. The van der Waals surface area contributed by atoms with Gasteiger partial charge in [0.2, 0.25) is 5.88 Å². The van der Waals surface area contributed by atoms with Crippen LogP contribution in [0.15, 0.2) is 53.3 Å².